The maximum absolute atomic E-state index is 13.0. The summed E-state index contributed by atoms with van der Waals surface area (Å²) in [5.74, 6) is 0.0228. The number of likely N-dealkylation sites (N-methyl/N-ethyl adjacent to an activating group) is 1. The molecular weight excluding hydrogens is 380 g/mol. The summed E-state index contributed by atoms with van der Waals surface area (Å²) in [5, 5.41) is 0. The van der Waals surface area contributed by atoms with Gasteiger partial charge in [0.25, 0.3) is 0 Å². The second-order valence-corrected chi connectivity index (χ2v) is 8.88. The van der Waals surface area contributed by atoms with E-state index in [4.69, 9.17) is 4.74 Å². The minimum Gasteiger partial charge on any atom is -0.497 e. The smallest absolute Gasteiger partial charge is 0.229 e. The van der Waals surface area contributed by atoms with Crippen LogP contribution in [0.3, 0.4) is 0 Å². The molecule has 0 saturated carbocycles. The summed E-state index contributed by atoms with van der Waals surface area (Å²) in [6.07, 6.45) is 6.28. The van der Waals surface area contributed by atoms with Gasteiger partial charge in [0.05, 0.1) is 25.5 Å². The SMILES string of the molecule is CCCCCCCC(=O)c1c(CC(=O)N(C)C)cc(OC)cc1NS(C)(=O)=O. The first-order valence-electron chi connectivity index (χ1n) is 9.51. The summed E-state index contributed by atoms with van der Waals surface area (Å²) >= 11 is 0. The molecule has 0 unspecified atom stereocenters. The first-order valence-corrected chi connectivity index (χ1v) is 11.4. The molecule has 28 heavy (non-hydrogen) atoms. The molecule has 0 saturated heterocycles. The monoisotopic (exact) mass is 412 g/mol. The van der Waals surface area contributed by atoms with E-state index in [1.54, 1.807) is 20.2 Å². The second-order valence-electron chi connectivity index (χ2n) is 7.14. The van der Waals surface area contributed by atoms with Gasteiger partial charge in [0.1, 0.15) is 5.75 Å². The topological polar surface area (TPSA) is 92.8 Å². The van der Waals surface area contributed by atoms with Gasteiger partial charge in [-0.25, -0.2) is 8.42 Å². The Morgan fingerprint density at radius 1 is 1.11 bits per heavy atom. The van der Waals surface area contributed by atoms with E-state index in [0.717, 1.165) is 38.4 Å². The molecule has 0 spiro atoms. The van der Waals surface area contributed by atoms with Crippen LogP contribution in [0.15, 0.2) is 12.1 Å². The third-order valence-corrected chi connectivity index (χ3v) is 4.94. The molecule has 1 aromatic rings. The minimum atomic E-state index is -3.61. The Labute approximate surface area is 168 Å². The number of amides is 1. The molecule has 0 aliphatic rings. The van der Waals surface area contributed by atoms with E-state index in [-0.39, 0.29) is 29.4 Å². The molecule has 0 aromatic heterocycles. The van der Waals surface area contributed by atoms with Crippen molar-refractivity contribution in [2.24, 2.45) is 0 Å². The zero-order valence-corrected chi connectivity index (χ0v) is 18.3. The Bertz CT molecular complexity index is 788. The lowest BCUT2D eigenvalue weighted by Gasteiger charge is -2.18. The predicted molar refractivity (Wildman–Crippen MR) is 112 cm³/mol. The van der Waals surface area contributed by atoms with Crippen molar-refractivity contribution in [1.82, 2.24) is 4.90 Å². The van der Waals surface area contributed by atoms with Gasteiger partial charge in [-0.15, -0.1) is 0 Å². The molecule has 7 nitrogen and oxygen atoms in total. The second kappa shape index (κ2) is 11.0. The first kappa shape index (κ1) is 23.9. The van der Waals surface area contributed by atoms with E-state index in [1.165, 1.54) is 18.1 Å². The van der Waals surface area contributed by atoms with Crippen molar-refractivity contribution >= 4 is 27.4 Å². The fourth-order valence-electron chi connectivity index (χ4n) is 2.87. The molecule has 0 fully saturated rings. The Hall–Kier alpha value is -2.09. The van der Waals surface area contributed by atoms with Gasteiger partial charge in [-0.1, -0.05) is 32.6 Å². The third kappa shape index (κ3) is 7.88. The van der Waals surface area contributed by atoms with Gasteiger partial charge in [-0.2, -0.15) is 0 Å². The number of hydrogen-bond acceptors (Lipinski definition) is 5. The largest absolute Gasteiger partial charge is 0.497 e. The highest BCUT2D eigenvalue weighted by molar-refractivity contribution is 7.92. The molecule has 1 N–H and O–H groups in total. The molecule has 1 amide bonds. The zero-order valence-electron chi connectivity index (χ0n) is 17.5. The normalized spacial score (nSPS) is 11.2. The fraction of sp³-hybridized carbons (Fsp3) is 0.600. The van der Waals surface area contributed by atoms with Crippen molar-refractivity contribution in [3.05, 3.63) is 23.3 Å². The van der Waals surface area contributed by atoms with Crippen molar-refractivity contribution in [3.63, 3.8) is 0 Å². The van der Waals surface area contributed by atoms with Crippen LogP contribution in [0.2, 0.25) is 0 Å². The van der Waals surface area contributed by atoms with Crippen LogP contribution in [-0.2, 0) is 21.2 Å². The molecule has 1 aromatic carbocycles. The lowest BCUT2D eigenvalue weighted by molar-refractivity contribution is -0.127. The lowest BCUT2D eigenvalue weighted by Crippen LogP contribution is -2.25. The number of carbonyl (C=O) groups is 2. The number of anilines is 1. The van der Waals surface area contributed by atoms with E-state index >= 15 is 0 Å². The van der Waals surface area contributed by atoms with Crippen LogP contribution in [0.4, 0.5) is 5.69 Å². The van der Waals surface area contributed by atoms with Crippen LogP contribution in [0.25, 0.3) is 0 Å². The fourth-order valence-corrected chi connectivity index (χ4v) is 3.44. The van der Waals surface area contributed by atoms with Crippen molar-refractivity contribution in [2.75, 3.05) is 32.2 Å². The number of nitrogens with zero attached hydrogens (tertiary/aromatic N) is 1. The number of sulfonamides is 1. The molecule has 0 bridgehead atoms. The molecule has 0 radical (unpaired) electrons. The summed E-state index contributed by atoms with van der Waals surface area (Å²) in [6.45, 7) is 2.12. The van der Waals surface area contributed by atoms with Crippen LogP contribution in [0.5, 0.6) is 5.75 Å². The van der Waals surface area contributed by atoms with Gasteiger partial charge >= 0.3 is 0 Å². The zero-order chi connectivity index (χ0) is 21.3. The number of hydrogen-bond donors (Lipinski definition) is 1. The summed E-state index contributed by atoms with van der Waals surface area (Å²) in [4.78, 5) is 26.6. The molecule has 8 heteroatoms. The van der Waals surface area contributed by atoms with Gasteiger partial charge in [-0.05, 0) is 18.1 Å². The van der Waals surface area contributed by atoms with Gasteiger partial charge in [-0.3, -0.25) is 14.3 Å². The summed E-state index contributed by atoms with van der Waals surface area (Å²) in [6, 6.07) is 3.11. The molecule has 0 aliphatic carbocycles. The number of nitrogens with one attached hydrogen (secondary N) is 1. The number of Topliss-reactive ketones (excluding diaryl/α,β-unsaturated/α-hetero) is 1. The maximum atomic E-state index is 13.0. The first-order chi connectivity index (χ1) is 13.1. The molecule has 1 rings (SSSR count). The van der Waals surface area contributed by atoms with Crippen LogP contribution in [0, 0.1) is 0 Å². The summed E-state index contributed by atoms with van der Waals surface area (Å²) in [7, 11) is 1.11. The number of carbonyl (C=O) groups excluding carboxylic acids is 2. The van der Waals surface area contributed by atoms with E-state index in [2.05, 4.69) is 11.6 Å². The van der Waals surface area contributed by atoms with Crippen molar-refractivity contribution < 1.29 is 22.7 Å². The van der Waals surface area contributed by atoms with E-state index in [1.807, 2.05) is 0 Å². The average molecular weight is 413 g/mol. The number of ketones is 1. The van der Waals surface area contributed by atoms with Gasteiger partial charge in [0.2, 0.25) is 15.9 Å². The average Bonchev–Trinajstić information content (AvgIpc) is 2.59. The summed E-state index contributed by atoms with van der Waals surface area (Å²) in [5.41, 5.74) is 0.863. The highest BCUT2D eigenvalue weighted by atomic mass is 32.2. The Kier molecular flexibility index (Phi) is 9.45. The van der Waals surface area contributed by atoms with Crippen LogP contribution < -0.4 is 9.46 Å². The lowest BCUT2D eigenvalue weighted by atomic mass is 9.95. The number of ether oxygens (including phenoxy) is 1. The predicted octanol–water partition coefficient (Wildman–Crippen LogP) is 3.24. The Morgan fingerprint density at radius 2 is 1.75 bits per heavy atom. The van der Waals surface area contributed by atoms with Crippen molar-refractivity contribution in [2.45, 2.75) is 51.9 Å². The quantitative estimate of drug-likeness (QED) is 0.420. The number of unbranched alkanes of at least 4 members (excludes halogenated alkanes) is 4. The van der Waals surface area contributed by atoms with Crippen LogP contribution in [-0.4, -0.2) is 52.5 Å². The molecule has 0 heterocycles. The molecular formula is C20H32N2O5S. The summed E-state index contributed by atoms with van der Waals surface area (Å²) < 4.78 is 31.3. The molecule has 0 atom stereocenters. The highest BCUT2D eigenvalue weighted by Crippen LogP contribution is 2.30. The standard InChI is InChI=1S/C20H32N2O5S/c1-6-7-8-9-10-11-18(23)20-15(13-19(24)22(2)3)12-16(27-4)14-17(20)21-28(5,25)26/h12,14,21H,6-11,13H2,1-5H3. The highest BCUT2D eigenvalue weighted by Gasteiger charge is 2.22. The molecule has 0 aliphatic heterocycles. The Balaban J connectivity index is 3.28. The van der Waals surface area contributed by atoms with E-state index in [9.17, 15) is 18.0 Å². The van der Waals surface area contributed by atoms with Crippen molar-refractivity contribution in [1.29, 1.82) is 0 Å². The van der Waals surface area contributed by atoms with Crippen LogP contribution >= 0.6 is 0 Å². The Morgan fingerprint density at radius 3 is 2.29 bits per heavy atom. The number of rotatable bonds is 12. The minimum absolute atomic E-state index is 0.0143. The van der Waals surface area contributed by atoms with Crippen LogP contribution in [0.1, 0.15) is 61.4 Å². The number of methoxy groups -OCH3 is 1. The third-order valence-electron chi connectivity index (χ3n) is 4.35. The van der Waals surface area contributed by atoms with Crippen molar-refractivity contribution in [3.8, 4) is 5.75 Å². The van der Waals surface area contributed by atoms with E-state index in [0.29, 0.717) is 17.7 Å². The van der Waals surface area contributed by atoms with Gasteiger partial charge < -0.3 is 9.64 Å². The number of benzene rings is 1. The van der Waals surface area contributed by atoms with Gasteiger partial charge in [0, 0.05) is 32.1 Å². The van der Waals surface area contributed by atoms with E-state index < -0.39 is 10.0 Å². The van der Waals surface area contributed by atoms with Gasteiger partial charge in [0.15, 0.2) is 5.78 Å². The maximum Gasteiger partial charge on any atom is 0.229 e. The molecule has 158 valence electrons.